The van der Waals surface area contributed by atoms with E-state index < -0.39 is 0 Å². The van der Waals surface area contributed by atoms with E-state index in [9.17, 15) is 0 Å². The van der Waals surface area contributed by atoms with Gasteiger partial charge in [-0.15, -0.1) is 0 Å². The van der Waals surface area contributed by atoms with Crippen LogP contribution >= 0.6 is 0 Å². The van der Waals surface area contributed by atoms with Crippen LogP contribution in [0.15, 0.2) is 169 Å². The van der Waals surface area contributed by atoms with Gasteiger partial charge in [0.25, 0.3) is 0 Å². The van der Waals surface area contributed by atoms with Gasteiger partial charge in [-0.1, -0.05) is 104 Å². The summed E-state index contributed by atoms with van der Waals surface area (Å²) in [4.78, 5) is 2.35. The summed E-state index contributed by atoms with van der Waals surface area (Å²) in [5, 5.41) is 4.74. The quantitative estimate of drug-likeness (QED) is 0.204. The Balaban J connectivity index is 1.17. The second-order valence-corrected chi connectivity index (χ2v) is 11.9. The summed E-state index contributed by atoms with van der Waals surface area (Å²) in [6.45, 7) is 5.08. The average molecular weight is 591 g/mol. The van der Waals surface area contributed by atoms with Gasteiger partial charge >= 0.3 is 0 Å². The van der Waals surface area contributed by atoms with Crippen LogP contribution in [0.2, 0.25) is 0 Å². The molecular formula is C43H30N2O. The Hall–Kier alpha value is -6.06. The monoisotopic (exact) mass is 590 g/mol. The van der Waals surface area contributed by atoms with Crippen LogP contribution in [0.25, 0.3) is 66.1 Å². The third-order valence-corrected chi connectivity index (χ3v) is 9.16. The van der Waals surface area contributed by atoms with Crippen LogP contribution in [0, 0.1) is 0 Å². The minimum Gasteiger partial charge on any atom is -0.456 e. The van der Waals surface area contributed by atoms with Gasteiger partial charge in [-0.3, -0.25) is 0 Å². The van der Waals surface area contributed by atoms with Gasteiger partial charge in [0.1, 0.15) is 11.2 Å². The molecule has 0 saturated carbocycles. The summed E-state index contributed by atoms with van der Waals surface area (Å²) in [5.41, 5.74) is 12.0. The lowest BCUT2D eigenvalue weighted by atomic mass is 10.0. The van der Waals surface area contributed by atoms with Crippen molar-refractivity contribution in [3.8, 4) is 16.8 Å². The van der Waals surface area contributed by atoms with E-state index in [1.165, 1.54) is 21.8 Å². The Bertz CT molecular complexity index is 2490. The van der Waals surface area contributed by atoms with E-state index in [1.807, 2.05) is 0 Å². The number of nitrogens with zero attached hydrogens (tertiary/aromatic N) is 2. The highest BCUT2D eigenvalue weighted by Crippen LogP contribution is 2.39. The van der Waals surface area contributed by atoms with Crippen molar-refractivity contribution < 1.29 is 4.42 Å². The normalized spacial score (nSPS) is 14.8. The molecule has 0 unspecified atom stereocenters. The number of hydrogen-bond acceptors (Lipinski definition) is 2. The Morgan fingerprint density at radius 2 is 1.24 bits per heavy atom. The Kier molecular flexibility index (Phi) is 6.04. The molecule has 6 aromatic carbocycles. The zero-order valence-corrected chi connectivity index (χ0v) is 25.2. The van der Waals surface area contributed by atoms with Crippen molar-refractivity contribution in [2.75, 3.05) is 11.4 Å². The SMILES string of the molecule is C=C1/C=C\C=C/CN(c2ccc3oc4ccc(-c5cccc(-n6c7ccccc7c7ccccc76)c5)cc4c3c2)c2ccccc21. The number of allylic oxidation sites excluding steroid dienone is 4. The molecule has 8 aromatic rings. The summed E-state index contributed by atoms with van der Waals surface area (Å²) < 4.78 is 8.72. The maximum absolute atomic E-state index is 6.36. The molecule has 0 N–H and O–H groups in total. The highest BCUT2D eigenvalue weighted by molar-refractivity contribution is 6.10. The molecule has 0 radical (unpaired) electrons. The fourth-order valence-electron chi connectivity index (χ4n) is 6.97. The fourth-order valence-corrected chi connectivity index (χ4v) is 6.97. The Labute approximate surface area is 267 Å². The predicted octanol–water partition coefficient (Wildman–Crippen LogP) is 11.6. The van der Waals surface area contributed by atoms with Gasteiger partial charge in [0.2, 0.25) is 0 Å². The standard InChI is InChI=1S/C43H30N2O/c1-29-12-3-2-10-25-44(39-18-7-4-15-34(29)39)32-22-24-43-38(28-32)37-27-31(21-23-42(37)46-43)30-13-11-14-33(26-30)45-40-19-8-5-16-35(40)36-17-6-9-20-41(36)45/h2-24,26-28H,1,25H2/b10-2-,12-3-. The first-order valence-corrected chi connectivity index (χ1v) is 15.7. The van der Waals surface area contributed by atoms with Crippen molar-refractivity contribution in [1.82, 2.24) is 4.57 Å². The van der Waals surface area contributed by atoms with Crippen LogP contribution in [-0.2, 0) is 0 Å². The van der Waals surface area contributed by atoms with Gasteiger partial charge in [0, 0.05) is 50.7 Å². The van der Waals surface area contributed by atoms with E-state index in [1.54, 1.807) is 0 Å². The second kappa shape index (κ2) is 10.5. The summed E-state index contributed by atoms with van der Waals surface area (Å²) >= 11 is 0. The van der Waals surface area contributed by atoms with Crippen LogP contribution in [-0.4, -0.2) is 11.1 Å². The van der Waals surface area contributed by atoms with Gasteiger partial charge < -0.3 is 13.9 Å². The molecule has 3 heterocycles. The second-order valence-electron chi connectivity index (χ2n) is 11.9. The predicted molar refractivity (Wildman–Crippen MR) is 194 cm³/mol. The molecule has 0 saturated heterocycles. The van der Waals surface area contributed by atoms with E-state index in [-0.39, 0.29) is 0 Å². The Morgan fingerprint density at radius 3 is 2.07 bits per heavy atom. The van der Waals surface area contributed by atoms with Crippen LogP contribution < -0.4 is 4.90 Å². The number of hydrogen-bond donors (Lipinski definition) is 0. The topological polar surface area (TPSA) is 21.3 Å². The lowest BCUT2D eigenvalue weighted by molar-refractivity contribution is 0.669. The molecule has 218 valence electrons. The molecule has 1 aliphatic heterocycles. The molecule has 46 heavy (non-hydrogen) atoms. The number of benzene rings is 6. The lowest BCUT2D eigenvalue weighted by Crippen LogP contribution is -2.18. The number of aromatic nitrogens is 1. The molecule has 0 spiro atoms. The van der Waals surface area contributed by atoms with Gasteiger partial charge in [0.15, 0.2) is 0 Å². The highest BCUT2D eigenvalue weighted by Gasteiger charge is 2.17. The summed E-state index contributed by atoms with van der Waals surface area (Å²) in [5.74, 6) is 0. The molecule has 0 fully saturated rings. The highest BCUT2D eigenvalue weighted by atomic mass is 16.3. The number of fused-ring (bicyclic) bond motifs is 7. The first-order valence-electron chi connectivity index (χ1n) is 15.7. The van der Waals surface area contributed by atoms with Crippen molar-refractivity contribution >= 4 is 60.7 Å². The van der Waals surface area contributed by atoms with E-state index in [4.69, 9.17) is 4.42 Å². The first-order chi connectivity index (χ1) is 22.7. The van der Waals surface area contributed by atoms with Gasteiger partial charge in [-0.25, -0.2) is 0 Å². The molecule has 0 amide bonds. The van der Waals surface area contributed by atoms with Crippen LogP contribution in [0.3, 0.4) is 0 Å². The van der Waals surface area contributed by atoms with Crippen molar-refractivity contribution in [2.24, 2.45) is 0 Å². The molecule has 0 bridgehead atoms. The number of rotatable bonds is 3. The zero-order valence-electron chi connectivity index (χ0n) is 25.2. The summed E-state index contributed by atoms with van der Waals surface area (Å²) in [6.07, 6.45) is 8.41. The van der Waals surface area contributed by atoms with E-state index in [0.717, 1.165) is 67.8 Å². The summed E-state index contributed by atoms with van der Waals surface area (Å²) in [6, 6.07) is 47.7. The molecule has 0 atom stereocenters. The average Bonchev–Trinajstić information content (AvgIpc) is 3.66. The van der Waals surface area contributed by atoms with Crippen molar-refractivity contribution in [2.45, 2.75) is 0 Å². The van der Waals surface area contributed by atoms with Crippen molar-refractivity contribution in [1.29, 1.82) is 0 Å². The minimum atomic E-state index is 0.747. The third kappa shape index (κ3) is 4.21. The number of anilines is 2. The van der Waals surface area contributed by atoms with Crippen molar-refractivity contribution in [3.63, 3.8) is 0 Å². The maximum atomic E-state index is 6.36. The molecular weight excluding hydrogens is 560 g/mol. The Morgan fingerprint density at radius 1 is 0.543 bits per heavy atom. The molecule has 3 nitrogen and oxygen atoms in total. The molecule has 3 heteroatoms. The summed E-state index contributed by atoms with van der Waals surface area (Å²) in [7, 11) is 0. The van der Waals surface area contributed by atoms with Crippen LogP contribution in [0.4, 0.5) is 11.4 Å². The van der Waals surface area contributed by atoms with Crippen molar-refractivity contribution in [3.05, 3.63) is 170 Å². The van der Waals surface area contributed by atoms with Crippen LogP contribution in [0.1, 0.15) is 5.56 Å². The smallest absolute Gasteiger partial charge is 0.135 e. The van der Waals surface area contributed by atoms with Gasteiger partial charge in [-0.2, -0.15) is 0 Å². The molecule has 9 rings (SSSR count). The maximum Gasteiger partial charge on any atom is 0.135 e. The molecule has 0 aliphatic carbocycles. The largest absolute Gasteiger partial charge is 0.456 e. The number of para-hydroxylation sites is 3. The zero-order chi connectivity index (χ0) is 30.6. The van der Waals surface area contributed by atoms with Crippen LogP contribution in [0.5, 0.6) is 0 Å². The van der Waals surface area contributed by atoms with Gasteiger partial charge in [0.05, 0.1) is 11.0 Å². The third-order valence-electron chi connectivity index (χ3n) is 9.16. The van der Waals surface area contributed by atoms with Gasteiger partial charge in [-0.05, 0) is 77.4 Å². The molecule has 1 aliphatic rings. The van der Waals surface area contributed by atoms with E-state index in [0.29, 0.717) is 0 Å². The molecule has 2 aromatic heterocycles. The lowest BCUT2D eigenvalue weighted by Gasteiger charge is -2.26. The van der Waals surface area contributed by atoms with E-state index in [2.05, 4.69) is 174 Å². The first kappa shape index (κ1) is 26.4. The fraction of sp³-hybridized carbons (Fsp3) is 0.0233. The number of furan rings is 1. The minimum absolute atomic E-state index is 0.747. The van der Waals surface area contributed by atoms with E-state index >= 15 is 0 Å².